The first-order chi connectivity index (χ1) is 15.6. The van der Waals surface area contributed by atoms with E-state index in [0.717, 1.165) is 27.6 Å². The Kier molecular flexibility index (Phi) is 7.66. The van der Waals surface area contributed by atoms with Gasteiger partial charge in [0.25, 0.3) is 0 Å². The zero-order valence-electron chi connectivity index (χ0n) is 17.7. The Morgan fingerprint density at radius 3 is 2.56 bits per heavy atom. The van der Waals surface area contributed by atoms with E-state index in [-0.39, 0.29) is 5.91 Å². The number of fused-ring (bicyclic) bond motifs is 1. The predicted octanol–water partition coefficient (Wildman–Crippen LogP) is 6.15. The fraction of sp³-hybridized carbons (Fsp3) is 0.261. The molecule has 4 rings (SSSR count). The second-order valence-electron chi connectivity index (χ2n) is 7.03. The highest BCUT2D eigenvalue weighted by atomic mass is 35.5. The summed E-state index contributed by atoms with van der Waals surface area (Å²) in [7, 11) is 1.77. The van der Waals surface area contributed by atoms with Crippen molar-refractivity contribution < 1.29 is 23.3 Å². The molecule has 0 saturated carbocycles. The number of hydrogen-bond donors (Lipinski definition) is 1. The minimum atomic E-state index is -1.42. The summed E-state index contributed by atoms with van der Waals surface area (Å²) in [4.78, 5) is 13.3. The Morgan fingerprint density at radius 2 is 1.88 bits per heavy atom. The number of rotatable bonds is 7. The molecule has 3 aromatic rings. The van der Waals surface area contributed by atoms with Gasteiger partial charge in [-0.25, -0.2) is 0 Å². The van der Waals surface area contributed by atoms with Crippen molar-refractivity contribution in [3.63, 3.8) is 0 Å². The molecule has 1 aromatic heterocycles. The van der Waals surface area contributed by atoms with Gasteiger partial charge in [0.1, 0.15) is 17.2 Å². The summed E-state index contributed by atoms with van der Waals surface area (Å²) in [6, 6.07) is 11.2. The Morgan fingerprint density at radius 1 is 1.16 bits per heavy atom. The molecule has 1 aliphatic heterocycles. The van der Waals surface area contributed by atoms with Gasteiger partial charge in [-0.15, -0.1) is 11.3 Å². The summed E-state index contributed by atoms with van der Waals surface area (Å²) in [5.74, 6) is 1.15. The Labute approximate surface area is 197 Å². The third kappa shape index (κ3) is 5.25. The molecule has 2 heterocycles. The monoisotopic (exact) mass is 491 g/mol. The number of amides is 1. The molecule has 0 spiro atoms. The smallest absolute Gasteiger partial charge is 0.240 e. The summed E-state index contributed by atoms with van der Waals surface area (Å²) in [5, 5.41) is 6.46. The molecule has 1 aliphatic rings. The molecule has 1 fully saturated rings. The fourth-order valence-corrected chi connectivity index (χ4v) is 6.30. The number of carbonyl (C=O) groups is 1. The topological polar surface area (TPSA) is 66.0 Å². The molecule has 9 heteroatoms. The van der Waals surface area contributed by atoms with Crippen molar-refractivity contribution in [2.75, 3.05) is 27.4 Å². The molecule has 1 atom stereocenters. The number of ether oxygens (including phenoxy) is 2. The van der Waals surface area contributed by atoms with Crippen molar-refractivity contribution in [1.29, 1.82) is 0 Å². The number of hydrogen-bond acceptors (Lipinski definition) is 6. The molecule has 1 saturated heterocycles. The summed E-state index contributed by atoms with van der Waals surface area (Å²) >= 11 is 7.81. The standard InChI is InChI=1S/C23H23ClNO5PS/c1-27-17-10-15(11-18(13-17)28-2)6-7-25-23(26)22(31-29-8-3-9-30-31)20-14-32-21-5-4-16(24)12-19(20)21/h4-7,10-14,22H,3,8-9H2,1-2H3,(H,25,26). The Hall–Kier alpha value is -2.15. The van der Waals surface area contributed by atoms with Crippen LogP contribution in [0.4, 0.5) is 0 Å². The van der Waals surface area contributed by atoms with Gasteiger partial charge in [-0.05, 0) is 64.7 Å². The SMILES string of the molecule is COc1cc(C=CNC(=O)C(c2csc3ccc(Cl)cc23)P2OCCCO2)cc(OC)c1. The van der Waals surface area contributed by atoms with Gasteiger partial charge in [-0.2, -0.15) is 0 Å². The van der Waals surface area contributed by atoms with E-state index in [4.69, 9.17) is 30.1 Å². The van der Waals surface area contributed by atoms with Crippen LogP contribution in [0.15, 0.2) is 48.0 Å². The zero-order valence-corrected chi connectivity index (χ0v) is 20.1. The Balaban J connectivity index is 1.59. The fourth-order valence-electron chi connectivity index (χ4n) is 3.36. The lowest BCUT2D eigenvalue weighted by molar-refractivity contribution is -0.120. The number of methoxy groups -OCH3 is 2. The highest BCUT2D eigenvalue weighted by Crippen LogP contribution is 2.56. The quantitative estimate of drug-likeness (QED) is 0.402. The normalized spacial score (nSPS) is 15.7. The van der Waals surface area contributed by atoms with Crippen molar-refractivity contribution in [3.8, 4) is 11.5 Å². The van der Waals surface area contributed by atoms with Crippen LogP contribution >= 0.6 is 31.3 Å². The maximum absolute atomic E-state index is 13.3. The lowest BCUT2D eigenvalue weighted by Crippen LogP contribution is -2.26. The predicted molar refractivity (Wildman–Crippen MR) is 130 cm³/mol. The summed E-state index contributed by atoms with van der Waals surface area (Å²) in [6.45, 7) is 1.16. The van der Waals surface area contributed by atoms with E-state index in [1.54, 1.807) is 43.9 Å². The van der Waals surface area contributed by atoms with E-state index < -0.39 is 14.0 Å². The number of halogens is 1. The highest BCUT2D eigenvalue weighted by Gasteiger charge is 2.35. The average molecular weight is 492 g/mol. The van der Waals surface area contributed by atoms with Crippen LogP contribution in [-0.4, -0.2) is 33.3 Å². The lowest BCUT2D eigenvalue weighted by atomic mass is 10.1. The van der Waals surface area contributed by atoms with Crippen molar-refractivity contribution in [3.05, 3.63) is 64.1 Å². The number of thiophene rings is 1. The minimum Gasteiger partial charge on any atom is -0.497 e. The van der Waals surface area contributed by atoms with E-state index in [2.05, 4.69) is 5.32 Å². The maximum atomic E-state index is 13.3. The summed E-state index contributed by atoms with van der Waals surface area (Å²) in [6.07, 6.45) is 4.23. The van der Waals surface area contributed by atoms with Crippen LogP contribution in [0.2, 0.25) is 5.02 Å². The molecule has 32 heavy (non-hydrogen) atoms. The third-order valence-electron chi connectivity index (χ3n) is 4.92. The molecule has 1 N–H and O–H groups in total. The summed E-state index contributed by atoms with van der Waals surface area (Å²) in [5.41, 5.74) is 1.14. The molecule has 2 aromatic carbocycles. The van der Waals surface area contributed by atoms with Crippen molar-refractivity contribution >= 4 is 53.4 Å². The van der Waals surface area contributed by atoms with E-state index in [0.29, 0.717) is 29.7 Å². The molecule has 0 bridgehead atoms. The van der Waals surface area contributed by atoms with Crippen LogP contribution in [0.3, 0.4) is 0 Å². The van der Waals surface area contributed by atoms with Crippen LogP contribution in [0.1, 0.15) is 23.2 Å². The Bertz CT molecular complexity index is 1110. The summed E-state index contributed by atoms with van der Waals surface area (Å²) < 4.78 is 23.4. The van der Waals surface area contributed by atoms with E-state index in [9.17, 15) is 4.79 Å². The van der Waals surface area contributed by atoms with Gasteiger partial charge >= 0.3 is 0 Å². The first kappa shape index (κ1) is 23.0. The van der Waals surface area contributed by atoms with Crippen LogP contribution < -0.4 is 14.8 Å². The van der Waals surface area contributed by atoms with Gasteiger partial charge in [-0.3, -0.25) is 4.79 Å². The first-order valence-corrected chi connectivity index (χ1v) is 12.5. The molecular weight excluding hydrogens is 469 g/mol. The van der Waals surface area contributed by atoms with Crippen molar-refractivity contribution in [2.24, 2.45) is 0 Å². The van der Waals surface area contributed by atoms with E-state index >= 15 is 0 Å². The van der Waals surface area contributed by atoms with Gasteiger partial charge in [-0.1, -0.05) is 11.6 Å². The lowest BCUT2D eigenvalue weighted by Gasteiger charge is -2.28. The molecule has 1 unspecified atom stereocenters. The average Bonchev–Trinajstić information content (AvgIpc) is 3.22. The third-order valence-corrected chi connectivity index (χ3v) is 7.95. The van der Waals surface area contributed by atoms with Crippen molar-refractivity contribution in [1.82, 2.24) is 5.32 Å². The minimum absolute atomic E-state index is 0.191. The van der Waals surface area contributed by atoms with Gasteiger partial charge < -0.3 is 23.8 Å². The van der Waals surface area contributed by atoms with Gasteiger partial charge in [0, 0.05) is 22.0 Å². The van der Waals surface area contributed by atoms with Gasteiger partial charge in [0.15, 0.2) is 8.38 Å². The second-order valence-corrected chi connectivity index (χ2v) is 9.98. The molecule has 0 aliphatic carbocycles. The van der Waals surface area contributed by atoms with Crippen LogP contribution in [-0.2, 0) is 13.8 Å². The number of nitrogens with one attached hydrogen (secondary N) is 1. The van der Waals surface area contributed by atoms with Crippen LogP contribution in [0.5, 0.6) is 11.5 Å². The first-order valence-electron chi connectivity index (χ1n) is 10.0. The van der Waals surface area contributed by atoms with Gasteiger partial charge in [0.05, 0.1) is 27.4 Å². The molecule has 0 radical (unpaired) electrons. The van der Waals surface area contributed by atoms with Crippen molar-refractivity contribution in [2.45, 2.75) is 12.1 Å². The zero-order chi connectivity index (χ0) is 22.5. The van der Waals surface area contributed by atoms with Crippen LogP contribution in [0.25, 0.3) is 16.2 Å². The largest absolute Gasteiger partial charge is 0.497 e. The maximum Gasteiger partial charge on any atom is 0.240 e. The van der Waals surface area contributed by atoms with E-state index in [1.165, 1.54) is 0 Å². The molecular formula is C23H23ClNO5PS. The van der Waals surface area contributed by atoms with Crippen LogP contribution in [0, 0.1) is 0 Å². The number of benzene rings is 2. The van der Waals surface area contributed by atoms with E-state index in [1.807, 2.05) is 35.7 Å². The molecule has 1 amide bonds. The molecule has 168 valence electrons. The second kappa shape index (κ2) is 10.6. The van der Waals surface area contributed by atoms with Gasteiger partial charge in [0.2, 0.25) is 5.91 Å². The molecule has 6 nitrogen and oxygen atoms in total. The number of carbonyl (C=O) groups excluding carboxylic acids is 1. The highest BCUT2D eigenvalue weighted by molar-refractivity contribution is 7.49.